The second-order valence-electron chi connectivity index (χ2n) is 7.34. The van der Waals surface area contributed by atoms with E-state index in [0.29, 0.717) is 18.0 Å². The van der Waals surface area contributed by atoms with E-state index in [1.807, 2.05) is 60.8 Å². The SMILES string of the molecule is COC(=O)C1Cc2ccccc2N1Cc1c(-c2ccc(Cl)cc2)nc2ccccn12. The quantitative estimate of drug-likeness (QED) is 0.449. The molecule has 5 rings (SSSR count). The number of benzene rings is 2. The van der Waals surface area contributed by atoms with Gasteiger partial charge in [-0.15, -0.1) is 0 Å². The molecule has 0 radical (unpaired) electrons. The third-order valence-electron chi connectivity index (χ3n) is 5.63. The molecule has 0 saturated carbocycles. The summed E-state index contributed by atoms with van der Waals surface area (Å²) in [6.45, 7) is 0.528. The lowest BCUT2D eigenvalue weighted by Crippen LogP contribution is -2.39. The fraction of sp³-hybridized carbons (Fsp3) is 0.167. The van der Waals surface area contributed by atoms with Crippen LogP contribution in [0.3, 0.4) is 0 Å². The van der Waals surface area contributed by atoms with Gasteiger partial charge in [0.15, 0.2) is 0 Å². The molecule has 1 atom stereocenters. The van der Waals surface area contributed by atoms with Crippen LogP contribution in [-0.4, -0.2) is 28.5 Å². The van der Waals surface area contributed by atoms with Gasteiger partial charge in [-0.05, 0) is 35.9 Å². The number of halogens is 1. The number of esters is 1. The van der Waals surface area contributed by atoms with Crippen molar-refractivity contribution in [2.45, 2.75) is 19.0 Å². The summed E-state index contributed by atoms with van der Waals surface area (Å²) in [5.74, 6) is -0.229. The monoisotopic (exact) mass is 417 g/mol. The summed E-state index contributed by atoms with van der Waals surface area (Å²) in [7, 11) is 1.44. The van der Waals surface area contributed by atoms with Gasteiger partial charge in [-0.25, -0.2) is 9.78 Å². The van der Waals surface area contributed by atoms with Crippen molar-refractivity contribution in [3.8, 4) is 11.3 Å². The Morgan fingerprint density at radius 1 is 1.10 bits per heavy atom. The predicted octanol–water partition coefficient (Wildman–Crippen LogP) is 4.76. The van der Waals surface area contributed by atoms with Gasteiger partial charge in [0.1, 0.15) is 11.7 Å². The average molecular weight is 418 g/mol. The molecular weight excluding hydrogens is 398 g/mol. The minimum absolute atomic E-state index is 0.229. The van der Waals surface area contributed by atoms with E-state index in [-0.39, 0.29) is 12.0 Å². The number of carbonyl (C=O) groups is 1. The minimum Gasteiger partial charge on any atom is -0.467 e. The first kappa shape index (κ1) is 18.7. The standard InChI is InChI=1S/C24H20ClN3O2/c1-30-24(29)20-14-17-6-2-3-7-19(17)28(20)15-21-23(16-9-11-18(25)12-10-16)26-22-8-4-5-13-27(21)22/h2-13,20H,14-15H2,1H3. The maximum absolute atomic E-state index is 12.6. The van der Waals surface area contributed by atoms with Crippen LogP contribution < -0.4 is 4.90 Å². The largest absolute Gasteiger partial charge is 0.467 e. The first-order chi connectivity index (χ1) is 14.7. The minimum atomic E-state index is -0.361. The van der Waals surface area contributed by atoms with Crippen molar-refractivity contribution in [1.29, 1.82) is 0 Å². The molecule has 0 N–H and O–H groups in total. The number of anilines is 1. The Kier molecular flexibility index (Phi) is 4.68. The Morgan fingerprint density at radius 2 is 1.87 bits per heavy atom. The molecule has 6 heteroatoms. The Bertz CT molecular complexity index is 1230. The highest BCUT2D eigenvalue weighted by molar-refractivity contribution is 6.30. The molecule has 150 valence electrons. The average Bonchev–Trinajstić information content (AvgIpc) is 3.33. The van der Waals surface area contributed by atoms with Gasteiger partial charge in [0.05, 0.1) is 25.0 Å². The van der Waals surface area contributed by atoms with Crippen molar-refractivity contribution in [3.05, 3.63) is 89.2 Å². The zero-order valence-corrected chi connectivity index (χ0v) is 17.2. The summed E-state index contributed by atoms with van der Waals surface area (Å²) in [4.78, 5) is 19.6. The van der Waals surface area contributed by atoms with Crippen LogP contribution in [0, 0.1) is 0 Å². The molecule has 5 nitrogen and oxygen atoms in total. The fourth-order valence-corrected chi connectivity index (χ4v) is 4.32. The summed E-state index contributed by atoms with van der Waals surface area (Å²) < 4.78 is 7.20. The summed E-state index contributed by atoms with van der Waals surface area (Å²) >= 11 is 6.10. The smallest absolute Gasteiger partial charge is 0.328 e. The molecule has 0 saturated heterocycles. The second kappa shape index (κ2) is 7.50. The van der Waals surface area contributed by atoms with Crippen LogP contribution in [0.15, 0.2) is 72.9 Å². The summed E-state index contributed by atoms with van der Waals surface area (Å²) in [6, 6.07) is 21.4. The number of hydrogen-bond donors (Lipinski definition) is 0. The highest BCUT2D eigenvalue weighted by atomic mass is 35.5. The van der Waals surface area contributed by atoms with E-state index in [1.165, 1.54) is 7.11 Å². The van der Waals surface area contributed by atoms with Crippen molar-refractivity contribution in [3.63, 3.8) is 0 Å². The Hall–Kier alpha value is -3.31. The molecule has 1 aliphatic heterocycles. The zero-order valence-electron chi connectivity index (χ0n) is 16.5. The summed E-state index contributed by atoms with van der Waals surface area (Å²) in [5, 5.41) is 0.684. The van der Waals surface area contributed by atoms with Gasteiger partial charge < -0.3 is 14.0 Å². The summed E-state index contributed by atoms with van der Waals surface area (Å²) in [6.07, 6.45) is 2.64. The number of hydrogen-bond acceptors (Lipinski definition) is 4. The van der Waals surface area contributed by atoms with E-state index in [2.05, 4.69) is 21.4 Å². The van der Waals surface area contributed by atoms with Gasteiger partial charge in [0.25, 0.3) is 0 Å². The van der Waals surface area contributed by atoms with Crippen LogP contribution in [0.5, 0.6) is 0 Å². The Labute approximate surface area is 179 Å². The van der Waals surface area contributed by atoms with E-state index in [4.69, 9.17) is 21.3 Å². The van der Waals surface area contributed by atoms with Crippen molar-refractivity contribution in [2.24, 2.45) is 0 Å². The maximum atomic E-state index is 12.6. The van der Waals surface area contributed by atoms with E-state index in [9.17, 15) is 4.79 Å². The molecule has 4 aromatic rings. The van der Waals surface area contributed by atoms with Crippen molar-refractivity contribution < 1.29 is 9.53 Å². The van der Waals surface area contributed by atoms with Gasteiger partial charge in [-0.1, -0.05) is 48.0 Å². The summed E-state index contributed by atoms with van der Waals surface area (Å²) in [5.41, 5.74) is 5.94. The number of nitrogens with zero attached hydrogens (tertiary/aromatic N) is 3. The number of ether oxygens (including phenoxy) is 1. The highest BCUT2D eigenvalue weighted by Gasteiger charge is 2.36. The number of pyridine rings is 1. The molecule has 1 unspecified atom stereocenters. The van der Waals surface area contributed by atoms with Crippen molar-refractivity contribution >= 4 is 28.9 Å². The molecule has 0 amide bonds. The van der Waals surface area contributed by atoms with E-state index in [1.54, 1.807) is 0 Å². The first-order valence-corrected chi connectivity index (χ1v) is 10.2. The number of imidazole rings is 1. The predicted molar refractivity (Wildman–Crippen MR) is 118 cm³/mol. The molecule has 30 heavy (non-hydrogen) atoms. The van der Waals surface area contributed by atoms with Crippen LogP contribution in [0.2, 0.25) is 5.02 Å². The first-order valence-electron chi connectivity index (χ1n) is 9.80. The second-order valence-corrected chi connectivity index (χ2v) is 7.78. The van der Waals surface area contributed by atoms with Crippen LogP contribution in [0.1, 0.15) is 11.3 Å². The number of rotatable bonds is 4. The van der Waals surface area contributed by atoms with E-state index < -0.39 is 0 Å². The highest BCUT2D eigenvalue weighted by Crippen LogP contribution is 2.36. The molecule has 0 bridgehead atoms. The van der Waals surface area contributed by atoms with Crippen molar-refractivity contribution in [1.82, 2.24) is 9.38 Å². The number of methoxy groups -OCH3 is 1. The molecule has 3 heterocycles. The normalized spacial score (nSPS) is 15.4. The maximum Gasteiger partial charge on any atom is 0.328 e. The topological polar surface area (TPSA) is 46.8 Å². The molecular formula is C24H20ClN3O2. The van der Waals surface area contributed by atoms with E-state index in [0.717, 1.165) is 33.8 Å². The van der Waals surface area contributed by atoms with Gasteiger partial charge in [0, 0.05) is 28.9 Å². The third kappa shape index (κ3) is 3.12. The molecule has 2 aromatic carbocycles. The number of carbonyl (C=O) groups excluding carboxylic acids is 1. The lowest BCUT2D eigenvalue weighted by molar-refractivity contribution is -0.142. The number of fused-ring (bicyclic) bond motifs is 2. The molecule has 1 aliphatic rings. The lowest BCUT2D eigenvalue weighted by Gasteiger charge is -2.26. The lowest BCUT2D eigenvalue weighted by atomic mass is 10.1. The van der Waals surface area contributed by atoms with Crippen LogP contribution in [0.4, 0.5) is 5.69 Å². The van der Waals surface area contributed by atoms with Gasteiger partial charge in [-0.2, -0.15) is 0 Å². The zero-order chi connectivity index (χ0) is 20.7. The molecule has 2 aromatic heterocycles. The van der Waals surface area contributed by atoms with Crippen LogP contribution in [0.25, 0.3) is 16.9 Å². The third-order valence-corrected chi connectivity index (χ3v) is 5.88. The van der Waals surface area contributed by atoms with Crippen LogP contribution in [-0.2, 0) is 22.5 Å². The van der Waals surface area contributed by atoms with Crippen molar-refractivity contribution in [2.75, 3.05) is 12.0 Å². The number of aromatic nitrogens is 2. The van der Waals surface area contributed by atoms with Gasteiger partial charge in [0.2, 0.25) is 0 Å². The molecule has 0 fully saturated rings. The van der Waals surface area contributed by atoms with Gasteiger partial charge >= 0.3 is 5.97 Å². The Balaban J connectivity index is 1.64. The van der Waals surface area contributed by atoms with Crippen LogP contribution >= 0.6 is 11.6 Å². The molecule has 0 spiro atoms. The number of para-hydroxylation sites is 1. The Morgan fingerprint density at radius 3 is 2.67 bits per heavy atom. The fourth-order valence-electron chi connectivity index (χ4n) is 4.19. The van der Waals surface area contributed by atoms with E-state index >= 15 is 0 Å². The van der Waals surface area contributed by atoms with Gasteiger partial charge in [-0.3, -0.25) is 0 Å². The molecule has 0 aliphatic carbocycles.